The first-order valence-corrected chi connectivity index (χ1v) is 16.5. The Kier molecular flexibility index (Phi) is 5.74. The van der Waals surface area contributed by atoms with Crippen molar-refractivity contribution >= 4 is 43.1 Å². The molecule has 0 saturated heterocycles. The molecule has 0 N–H and O–H groups in total. The van der Waals surface area contributed by atoms with Gasteiger partial charge in [0.1, 0.15) is 0 Å². The van der Waals surface area contributed by atoms with Crippen molar-refractivity contribution in [1.29, 1.82) is 0 Å². The van der Waals surface area contributed by atoms with Crippen molar-refractivity contribution in [3.63, 3.8) is 0 Å². The Morgan fingerprint density at radius 2 is 0.745 bits per heavy atom. The van der Waals surface area contributed by atoms with E-state index in [2.05, 4.69) is 170 Å². The minimum Gasteiger partial charge on any atom is -0.0619 e. The monoisotopic (exact) mass is 594 g/mol. The third kappa shape index (κ3) is 3.95. The van der Waals surface area contributed by atoms with Gasteiger partial charge in [-0.15, -0.1) is 0 Å². The van der Waals surface area contributed by atoms with E-state index < -0.39 is 0 Å². The number of hydrogen-bond donors (Lipinski definition) is 0. The summed E-state index contributed by atoms with van der Waals surface area (Å²) in [6.45, 7) is 0. The minimum atomic E-state index is 1.01. The summed E-state index contributed by atoms with van der Waals surface area (Å²) in [4.78, 5) is 0. The SMILES string of the molecule is c1ccc2c(c1)Cc1ccc(-c3ccc(-c4c5ccccc5c(-c5cccc6ccccc56)c5ccccc45)c4ccccc34)cc1-2. The van der Waals surface area contributed by atoms with E-state index in [4.69, 9.17) is 0 Å². The van der Waals surface area contributed by atoms with Crippen LogP contribution in [-0.2, 0) is 6.42 Å². The van der Waals surface area contributed by atoms with Gasteiger partial charge in [-0.25, -0.2) is 0 Å². The molecule has 0 atom stereocenters. The Morgan fingerprint density at radius 1 is 0.277 bits per heavy atom. The maximum atomic E-state index is 2.41. The Hall–Kier alpha value is -5.98. The second kappa shape index (κ2) is 10.3. The summed E-state index contributed by atoms with van der Waals surface area (Å²) < 4.78 is 0. The zero-order valence-corrected chi connectivity index (χ0v) is 25.9. The van der Waals surface area contributed by atoms with E-state index in [1.807, 2.05) is 0 Å². The van der Waals surface area contributed by atoms with Gasteiger partial charge in [0.05, 0.1) is 0 Å². The molecule has 10 rings (SSSR count). The van der Waals surface area contributed by atoms with Crippen molar-refractivity contribution in [3.8, 4) is 44.5 Å². The van der Waals surface area contributed by atoms with Gasteiger partial charge in [-0.2, -0.15) is 0 Å². The zero-order chi connectivity index (χ0) is 30.9. The van der Waals surface area contributed by atoms with Crippen LogP contribution in [0.3, 0.4) is 0 Å². The fourth-order valence-corrected chi connectivity index (χ4v) is 8.21. The van der Waals surface area contributed by atoms with Gasteiger partial charge in [0, 0.05) is 0 Å². The van der Waals surface area contributed by atoms with Crippen LogP contribution in [0.1, 0.15) is 11.1 Å². The lowest BCUT2D eigenvalue weighted by Crippen LogP contribution is -1.93. The smallest absolute Gasteiger partial charge is 0.00134 e. The van der Waals surface area contributed by atoms with Crippen LogP contribution in [0.25, 0.3) is 87.6 Å². The molecule has 9 aromatic rings. The van der Waals surface area contributed by atoms with Crippen LogP contribution in [0, 0.1) is 0 Å². The van der Waals surface area contributed by atoms with Gasteiger partial charge >= 0.3 is 0 Å². The van der Waals surface area contributed by atoms with Crippen molar-refractivity contribution in [3.05, 3.63) is 181 Å². The molecule has 0 bridgehead atoms. The molecule has 0 spiro atoms. The maximum Gasteiger partial charge on any atom is -0.00134 e. The molecule has 1 aliphatic rings. The lowest BCUT2D eigenvalue weighted by atomic mass is 9.83. The van der Waals surface area contributed by atoms with Gasteiger partial charge in [0.25, 0.3) is 0 Å². The number of fused-ring (bicyclic) bond motifs is 7. The van der Waals surface area contributed by atoms with Crippen molar-refractivity contribution in [2.75, 3.05) is 0 Å². The van der Waals surface area contributed by atoms with Gasteiger partial charge in [-0.3, -0.25) is 0 Å². The Balaban J connectivity index is 1.25. The molecule has 0 heterocycles. The molecular weight excluding hydrogens is 565 g/mol. The van der Waals surface area contributed by atoms with Crippen LogP contribution in [0.2, 0.25) is 0 Å². The van der Waals surface area contributed by atoms with Crippen LogP contribution in [-0.4, -0.2) is 0 Å². The summed E-state index contributed by atoms with van der Waals surface area (Å²) in [5, 5.41) is 10.2. The number of hydrogen-bond acceptors (Lipinski definition) is 0. The first kappa shape index (κ1) is 26.3. The summed E-state index contributed by atoms with van der Waals surface area (Å²) in [7, 11) is 0. The Labute approximate surface area is 274 Å². The molecule has 0 nitrogen and oxygen atoms in total. The highest BCUT2D eigenvalue weighted by atomic mass is 14.2. The van der Waals surface area contributed by atoms with E-state index in [1.54, 1.807) is 0 Å². The summed E-state index contributed by atoms with van der Waals surface area (Å²) in [5.74, 6) is 0. The van der Waals surface area contributed by atoms with E-state index in [0.29, 0.717) is 0 Å². The second-order valence-electron chi connectivity index (χ2n) is 12.8. The number of rotatable bonds is 3. The van der Waals surface area contributed by atoms with Crippen LogP contribution < -0.4 is 0 Å². The summed E-state index contributed by atoms with van der Waals surface area (Å²) in [6.07, 6.45) is 1.01. The molecule has 47 heavy (non-hydrogen) atoms. The topological polar surface area (TPSA) is 0 Å². The molecule has 0 aromatic heterocycles. The molecular formula is C47H30. The van der Waals surface area contributed by atoms with Gasteiger partial charge in [-0.05, 0) is 111 Å². The maximum absolute atomic E-state index is 2.41. The van der Waals surface area contributed by atoms with Gasteiger partial charge < -0.3 is 0 Å². The third-order valence-corrected chi connectivity index (χ3v) is 10.3. The average Bonchev–Trinajstić information content (AvgIpc) is 3.51. The molecule has 0 unspecified atom stereocenters. The summed E-state index contributed by atoms with van der Waals surface area (Å²) in [5.41, 5.74) is 13.3. The predicted octanol–water partition coefficient (Wildman–Crippen LogP) is 12.9. The van der Waals surface area contributed by atoms with Crippen LogP contribution in [0.5, 0.6) is 0 Å². The first-order valence-electron chi connectivity index (χ1n) is 16.5. The van der Waals surface area contributed by atoms with Crippen molar-refractivity contribution in [2.45, 2.75) is 6.42 Å². The quantitative estimate of drug-likeness (QED) is 0.179. The molecule has 0 amide bonds. The molecule has 0 aliphatic heterocycles. The van der Waals surface area contributed by atoms with E-state index in [0.717, 1.165) is 6.42 Å². The van der Waals surface area contributed by atoms with E-state index in [-0.39, 0.29) is 0 Å². The highest BCUT2D eigenvalue weighted by Crippen LogP contribution is 2.48. The lowest BCUT2D eigenvalue weighted by molar-refractivity contribution is 1.26. The fourth-order valence-electron chi connectivity index (χ4n) is 8.21. The molecule has 1 aliphatic carbocycles. The van der Waals surface area contributed by atoms with Gasteiger partial charge in [0.15, 0.2) is 0 Å². The molecule has 218 valence electrons. The van der Waals surface area contributed by atoms with Crippen molar-refractivity contribution < 1.29 is 0 Å². The third-order valence-electron chi connectivity index (χ3n) is 10.3. The minimum absolute atomic E-state index is 1.01. The first-order chi connectivity index (χ1) is 23.3. The van der Waals surface area contributed by atoms with E-state index >= 15 is 0 Å². The molecule has 0 saturated carbocycles. The van der Waals surface area contributed by atoms with Crippen molar-refractivity contribution in [1.82, 2.24) is 0 Å². The fraction of sp³-hybridized carbons (Fsp3) is 0.0213. The Bertz CT molecular complexity index is 2650. The molecule has 0 fully saturated rings. The highest BCUT2D eigenvalue weighted by molar-refractivity contribution is 6.25. The van der Waals surface area contributed by atoms with Gasteiger partial charge in [0.2, 0.25) is 0 Å². The van der Waals surface area contributed by atoms with Gasteiger partial charge in [-0.1, -0.05) is 164 Å². The second-order valence-corrected chi connectivity index (χ2v) is 12.8. The molecule has 0 radical (unpaired) electrons. The Morgan fingerprint density at radius 3 is 1.45 bits per heavy atom. The van der Waals surface area contributed by atoms with E-state index in [1.165, 1.54) is 98.7 Å². The highest BCUT2D eigenvalue weighted by Gasteiger charge is 2.21. The van der Waals surface area contributed by atoms with Crippen LogP contribution >= 0.6 is 0 Å². The normalized spacial score (nSPS) is 12.2. The summed E-state index contributed by atoms with van der Waals surface area (Å²) >= 11 is 0. The summed E-state index contributed by atoms with van der Waals surface area (Å²) in [6, 6.07) is 63.0. The largest absolute Gasteiger partial charge is 0.0619 e. The predicted molar refractivity (Wildman–Crippen MR) is 201 cm³/mol. The van der Waals surface area contributed by atoms with Crippen molar-refractivity contribution in [2.24, 2.45) is 0 Å². The zero-order valence-electron chi connectivity index (χ0n) is 25.9. The molecule has 9 aromatic carbocycles. The standard InChI is InChI=1S/C47H30/c1-3-15-34-30(12-1)14-11-23-39(34)46-40-19-7-9-21-42(40)47(43-22-10-8-20-41(43)46)44-27-26-36(37-17-5-6-18-38(37)44)33-25-24-32-28-31-13-2-4-16-35(31)45(32)29-33/h1-27,29H,28H2. The average molecular weight is 595 g/mol. The lowest BCUT2D eigenvalue weighted by Gasteiger charge is -2.20. The van der Waals surface area contributed by atoms with Crippen LogP contribution in [0.4, 0.5) is 0 Å². The van der Waals surface area contributed by atoms with Crippen LogP contribution in [0.15, 0.2) is 170 Å². The van der Waals surface area contributed by atoms with E-state index in [9.17, 15) is 0 Å². The molecule has 0 heteroatoms. The number of benzene rings is 9.